The number of amides is 1. The van der Waals surface area contributed by atoms with Crippen LogP contribution in [0, 0.1) is 0 Å². The number of phenols is 1. The lowest BCUT2D eigenvalue weighted by atomic mass is 10.1. The van der Waals surface area contributed by atoms with Crippen LogP contribution >= 0.6 is 0 Å². The predicted octanol–water partition coefficient (Wildman–Crippen LogP) is 1.19. The van der Waals surface area contributed by atoms with Crippen molar-refractivity contribution in [3.8, 4) is 5.75 Å². The fourth-order valence-corrected chi connectivity index (χ4v) is 1.85. The molecule has 0 bridgehead atoms. The van der Waals surface area contributed by atoms with Gasteiger partial charge in [0.1, 0.15) is 5.75 Å². The molecular formula is C15H24N2O3. The van der Waals surface area contributed by atoms with Crippen molar-refractivity contribution in [2.75, 3.05) is 13.2 Å². The highest BCUT2D eigenvalue weighted by atomic mass is 16.5. The van der Waals surface area contributed by atoms with E-state index in [2.05, 4.69) is 5.32 Å². The first-order chi connectivity index (χ1) is 9.34. The summed E-state index contributed by atoms with van der Waals surface area (Å²) < 4.78 is 5.51. The first kappa shape index (κ1) is 16.5. The second-order valence-electron chi connectivity index (χ2n) is 5.39. The highest BCUT2D eigenvalue weighted by molar-refractivity contribution is 5.81. The lowest BCUT2D eigenvalue weighted by Gasteiger charge is -2.25. The summed E-state index contributed by atoms with van der Waals surface area (Å²) in [5.41, 5.74) is 6.39. The van der Waals surface area contributed by atoms with E-state index in [4.69, 9.17) is 10.5 Å². The standard InChI is InChI=1S/C15H24N2O3/c1-4-20-15(2,3)10-17-14(19)13(16)9-11-5-7-12(18)8-6-11/h5-8,13,18H,4,9-10,16H2,1-3H3,(H,17,19)/t13-/m1/s1. The van der Waals surface area contributed by atoms with Gasteiger partial charge in [0, 0.05) is 13.2 Å². The van der Waals surface area contributed by atoms with E-state index < -0.39 is 11.6 Å². The van der Waals surface area contributed by atoms with Crippen LogP contribution in [-0.2, 0) is 16.0 Å². The van der Waals surface area contributed by atoms with Crippen molar-refractivity contribution < 1.29 is 14.6 Å². The van der Waals surface area contributed by atoms with Gasteiger partial charge in [-0.3, -0.25) is 4.79 Å². The van der Waals surface area contributed by atoms with Crippen molar-refractivity contribution in [1.82, 2.24) is 5.32 Å². The van der Waals surface area contributed by atoms with Crippen LogP contribution in [0.1, 0.15) is 26.3 Å². The zero-order valence-corrected chi connectivity index (χ0v) is 12.3. The SMILES string of the molecule is CCOC(C)(C)CNC(=O)[C@H](N)Cc1ccc(O)cc1. The molecule has 0 aliphatic heterocycles. The Kier molecular flexibility index (Phi) is 5.98. The van der Waals surface area contributed by atoms with Crippen LogP contribution < -0.4 is 11.1 Å². The van der Waals surface area contributed by atoms with E-state index in [-0.39, 0.29) is 11.7 Å². The summed E-state index contributed by atoms with van der Waals surface area (Å²) in [5.74, 6) is -0.00362. The first-order valence-corrected chi connectivity index (χ1v) is 6.79. The van der Waals surface area contributed by atoms with E-state index in [1.54, 1.807) is 24.3 Å². The van der Waals surface area contributed by atoms with Gasteiger partial charge in [-0.2, -0.15) is 0 Å². The fourth-order valence-electron chi connectivity index (χ4n) is 1.85. The van der Waals surface area contributed by atoms with Gasteiger partial charge in [-0.15, -0.1) is 0 Å². The second kappa shape index (κ2) is 7.26. The second-order valence-corrected chi connectivity index (χ2v) is 5.39. The predicted molar refractivity (Wildman–Crippen MR) is 78.5 cm³/mol. The molecule has 0 aliphatic rings. The number of ether oxygens (including phenoxy) is 1. The summed E-state index contributed by atoms with van der Waals surface area (Å²) in [7, 11) is 0. The molecule has 1 rings (SSSR count). The Morgan fingerprint density at radius 3 is 2.55 bits per heavy atom. The molecule has 0 saturated carbocycles. The van der Waals surface area contributed by atoms with Gasteiger partial charge in [0.15, 0.2) is 0 Å². The molecule has 20 heavy (non-hydrogen) atoms. The zero-order chi connectivity index (χ0) is 15.2. The molecule has 1 aromatic rings. The Morgan fingerprint density at radius 1 is 1.40 bits per heavy atom. The Labute approximate surface area is 120 Å². The Morgan fingerprint density at radius 2 is 2.00 bits per heavy atom. The molecule has 5 nitrogen and oxygen atoms in total. The van der Waals surface area contributed by atoms with Gasteiger partial charge < -0.3 is 20.9 Å². The maximum Gasteiger partial charge on any atom is 0.237 e. The zero-order valence-electron chi connectivity index (χ0n) is 12.3. The molecule has 0 aliphatic carbocycles. The minimum Gasteiger partial charge on any atom is -0.508 e. The number of nitrogens with two attached hydrogens (primary N) is 1. The number of benzene rings is 1. The molecule has 0 aromatic heterocycles. The van der Waals surface area contributed by atoms with E-state index >= 15 is 0 Å². The summed E-state index contributed by atoms with van der Waals surface area (Å²) in [4.78, 5) is 11.9. The third kappa shape index (κ3) is 5.59. The maximum atomic E-state index is 11.9. The number of nitrogens with one attached hydrogen (secondary N) is 1. The summed E-state index contributed by atoms with van der Waals surface area (Å²) in [6, 6.07) is 6.06. The number of carbonyl (C=O) groups excluding carboxylic acids is 1. The molecule has 0 saturated heterocycles. The summed E-state index contributed by atoms with van der Waals surface area (Å²) in [6.07, 6.45) is 0.432. The topological polar surface area (TPSA) is 84.6 Å². The quantitative estimate of drug-likeness (QED) is 0.700. The van der Waals surface area contributed by atoms with Gasteiger partial charge in [0.05, 0.1) is 11.6 Å². The average Bonchev–Trinajstić information content (AvgIpc) is 2.38. The van der Waals surface area contributed by atoms with Gasteiger partial charge in [-0.25, -0.2) is 0 Å². The molecule has 4 N–H and O–H groups in total. The van der Waals surface area contributed by atoms with Crippen LogP contribution in [0.2, 0.25) is 0 Å². The monoisotopic (exact) mass is 280 g/mol. The lowest BCUT2D eigenvalue weighted by molar-refractivity contribution is -0.123. The van der Waals surface area contributed by atoms with Crippen molar-refractivity contribution in [3.05, 3.63) is 29.8 Å². The van der Waals surface area contributed by atoms with E-state index in [1.807, 2.05) is 20.8 Å². The van der Waals surface area contributed by atoms with Crippen molar-refractivity contribution in [3.63, 3.8) is 0 Å². The maximum absolute atomic E-state index is 11.9. The van der Waals surface area contributed by atoms with Gasteiger partial charge in [0.25, 0.3) is 0 Å². The largest absolute Gasteiger partial charge is 0.508 e. The van der Waals surface area contributed by atoms with Crippen LogP contribution in [0.15, 0.2) is 24.3 Å². The summed E-state index contributed by atoms with van der Waals surface area (Å²) in [6.45, 7) is 6.77. The third-order valence-electron chi connectivity index (χ3n) is 2.95. The van der Waals surface area contributed by atoms with Crippen LogP contribution in [0.4, 0.5) is 0 Å². The number of aromatic hydroxyl groups is 1. The van der Waals surface area contributed by atoms with Gasteiger partial charge in [-0.05, 0) is 44.9 Å². The highest BCUT2D eigenvalue weighted by Crippen LogP contribution is 2.11. The van der Waals surface area contributed by atoms with Crippen LogP contribution in [0.25, 0.3) is 0 Å². The Bertz CT molecular complexity index is 429. The minimum atomic E-state index is -0.614. The van der Waals surface area contributed by atoms with E-state index in [9.17, 15) is 9.90 Å². The molecule has 0 heterocycles. The van der Waals surface area contributed by atoms with Crippen molar-refractivity contribution >= 4 is 5.91 Å². The highest BCUT2D eigenvalue weighted by Gasteiger charge is 2.21. The van der Waals surface area contributed by atoms with Gasteiger partial charge in [-0.1, -0.05) is 12.1 Å². The van der Waals surface area contributed by atoms with Gasteiger partial charge in [0.2, 0.25) is 5.91 Å². The van der Waals surface area contributed by atoms with E-state index in [0.717, 1.165) is 5.56 Å². The number of hydrogen-bond donors (Lipinski definition) is 3. The molecule has 0 spiro atoms. The fraction of sp³-hybridized carbons (Fsp3) is 0.533. The number of hydrogen-bond acceptors (Lipinski definition) is 4. The summed E-state index contributed by atoms with van der Waals surface area (Å²) >= 11 is 0. The van der Waals surface area contributed by atoms with Crippen molar-refractivity contribution in [2.45, 2.75) is 38.8 Å². The van der Waals surface area contributed by atoms with Crippen LogP contribution in [0.3, 0.4) is 0 Å². The van der Waals surface area contributed by atoms with E-state index in [0.29, 0.717) is 19.6 Å². The molecule has 0 fully saturated rings. The minimum absolute atomic E-state index is 0.199. The average molecular weight is 280 g/mol. The molecule has 1 amide bonds. The number of phenolic OH excluding ortho intramolecular Hbond substituents is 1. The molecule has 112 valence electrons. The lowest BCUT2D eigenvalue weighted by Crippen LogP contribution is -2.47. The molecule has 0 unspecified atom stereocenters. The molecule has 5 heteroatoms. The molecule has 1 aromatic carbocycles. The number of rotatable bonds is 7. The first-order valence-electron chi connectivity index (χ1n) is 6.79. The third-order valence-corrected chi connectivity index (χ3v) is 2.95. The van der Waals surface area contributed by atoms with E-state index in [1.165, 1.54) is 0 Å². The molecular weight excluding hydrogens is 256 g/mol. The Hall–Kier alpha value is -1.59. The Balaban J connectivity index is 2.45. The van der Waals surface area contributed by atoms with Crippen LogP contribution in [0.5, 0.6) is 5.75 Å². The van der Waals surface area contributed by atoms with Gasteiger partial charge >= 0.3 is 0 Å². The molecule has 0 radical (unpaired) electrons. The smallest absolute Gasteiger partial charge is 0.237 e. The normalized spacial score (nSPS) is 13.0. The molecule has 1 atom stereocenters. The van der Waals surface area contributed by atoms with Crippen LogP contribution in [-0.4, -0.2) is 35.8 Å². The van der Waals surface area contributed by atoms with Crippen molar-refractivity contribution in [2.24, 2.45) is 5.73 Å². The van der Waals surface area contributed by atoms with Crippen molar-refractivity contribution in [1.29, 1.82) is 0 Å². The number of carbonyl (C=O) groups is 1. The summed E-state index contributed by atoms with van der Waals surface area (Å²) in [5, 5.41) is 12.0.